The molecule has 0 spiro atoms. The summed E-state index contributed by atoms with van der Waals surface area (Å²) >= 11 is 0. The van der Waals surface area contributed by atoms with Crippen LogP contribution in [0.1, 0.15) is 23.6 Å². The maximum atomic E-state index is 13.2. The van der Waals surface area contributed by atoms with Crippen LogP contribution in [-0.4, -0.2) is 25.6 Å². The van der Waals surface area contributed by atoms with Gasteiger partial charge in [-0.05, 0) is 73.9 Å². The monoisotopic (exact) mass is 486 g/mol. The minimum atomic E-state index is -0.470. The van der Waals surface area contributed by atoms with Crippen molar-refractivity contribution in [1.29, 1.82) is 0 Å². The van der Waals surface area contributed by atoms with E-state index in [4.69, 9.17) is 0 Å². The molecule has 36 heavy (non-hydrogen) atoms. The molecule has 0 radical (unpaired) electrons. The molecule has 0 fully saturated rings. The lowest BCUT2D eigenvalue weighted by atomic mass is 10.1. The summed E-state index contributed by atoms with van der Waals surface area (Å²) in [4.78, 5) is 23.6. The standard InChI is InChI=1S/C25H23FN8O2/c1-15-4-9-21(14-16(15)2)28-24-29-23(27-20-10-12-22(13-11-20)34(35)36)30-25(31-24)33-32-17(3)18-5-7-19(26)8-6-18/h4-14H,1-3H3,(H3,27,28,29,30,31,33)/b32-17+. The maximum Gasteiger partial charge on any atom is 0.269 e. The van der Waals surface area contributed by atoms with Crippen LogP contribution in [0.25, 0.3) is 0 Å². The Morgan fingerprint density at radius 2 is 1.42 bits per heavy atom. The van der Waals surface area contributed by atoms with Crippen molar-refractivity contribution < 1.29 is 9.31 Å². The largest absolute Gasteiger partial charge is 0.324 e. The second-order valence-corrected chi connectivity index (χ2v) is 7.98. The third-order valence-electron chi connectivity index (χ3n) is 5.32. The Morgan fingerprint density at radius 3 is 2.03 bits per heavy atom. The summed E-state index contributed by atoms with van der Waals surface area (Å²) in [5, 5.41) is 21.4. The Morgan fingerprint density at radius 1 is 0.833 bits per heavy atom. The van der Waals surface area contributed by atoms with Crippen LogP contribution in [-0.2, 0) is 0 Å². The molecule has 4 rings (SSSR count). The van der Waals surface area contributed by atoms with Crippen LogP contribution in [0.3, 0.4) is 0 Å². The number of aryl methyl sites for hydroxylation is 2. The number of rotatable bonds is 8. The van der Waals surface area contributed by atoms with E-state index in [0.29, 0.717) is 11.4 Å². The highest BCUT2D eigenvalue weighted by Crippen LogP contribution is 2.22. The molecule has 10 nitrogen and oxygen atoms in total. The molecule has 182 valence electrons. The molecule has 0 aliphatic carbocycles. The van der Waals surface area contributed by atoms with E-state index in [2.05, 4.69) is 36.1 Å². The summed E-state index contributed by atoms with van der Waals surface area (Å²) in [6, 6.07) is 17.7. The Balaban J connectivity index is 1.62. The molecule has 0 saturated heterocycles. The molecule has 0 amide bonds. The van der Waals surface area contributed by atoms with Crippen molar-refractivity contribution in [3.63, 3.8) is 0 Å². The lowest BCUT2D eigenvalue weighted by molar-refractivity contribution is -0.384. The van der Waals surface area contributed by atoms with Crippen LogP contribution < -0.4 is 16.1 Å². The minimum Gasteiger partial charge on any atom is -0.324 e. The number of non-ortho nitro benzene ring substituents is 1. The summed E-state index contributed by atoms with van der Waals surface area (Å²) in [5.41, 5.74) is 7.74. The summed E-state index contributed by atoms with van der Waals surface area (Å²) in [7, 11) is 0. The summed E-state index contributed by atoms with van der Waals surface area (Å²) in [5.74, 6) is 0.278. The fourth-order valence-corrected chi connectivity index (χ4v) is 3.17. The van der Waals surface area contributed by atoms with Crippen molar-refractivity contribution in [3.8, 4) is 0 Å². The normalized spacial score (nSPS) is 11.2. The Kier molecular flexibility index (Phi) is 7.10. The second-order valence-electron chi connectivity index (χ2n) is 7.98. The first kappa shape index (κ1) is 24.2. The molecular weight excluding hydrogens is 463 g/mol. The van der Waals surface area contributed by atoms with Crippen LogP contribution in [0.4, 0.5) is 39.3 Å². The predicted molar refractivity (Wildman–Crippen MR) is 138 cm³/mol. The average molecular weight is 487 g/mol. The molecular formula is C25H23FN8O2. The molecule has 0 aliphatic rings. The van der Waals surface area contributed by atoms with Crippen molar-refractivity contribution >= 4 is 40.6 Å². The number of nitro groups is 1. The fourth-order valence-electron chi connectivity index (χ4n) is 3.17. The molecule has 3 aromatic carbocycles. The molecule has 11 heteroatoms. The van der Waals surface area contributed by atoms with E-state index in [1.165, 1.54) is 24.3 Å². The van der Waals surface area contributed by atoms with E-state index in [1.807, 2.05) is 32.0 Å². The van der Waals surface area contributed by atoms with Gasteiger partial charge in [-0.1, -0.05) is 18.2 Å². The molecule has 0 bridgehead atoms. The highest BCUT2D eigenvalue weighted by atomic mass is 19.1. The number of benzene rings is 3. The highest BCUT2D eigenvalue weighted by Gasteiger charge is 2.10. The zero-order valence-electron chi connectivity index (χ0n) is 19.8. The van der Waals surface area contributed by atoms with E-state index >= 15 is 0 Å². The molecule has 0 unspecified atom stereocenters. The number of nitrogens with one attached hydrogen (secondary N) is 3. The van der Waals surface area contributed by atoms with Gasteiger partial charge in [0.05, 0.1) is 10.6 Å². The summed E-state index contributed by atoms with van der Waals surface area (Å²) in [6.07, 6.45) is 0. The molecule has 1 aromatic heterocycles. The number of hydrazone groups is 1. The van der Waals surface area contributed by atoms with Gasteiger partial charge in [0.15, 0.2) is 0 Å². The predicted octanol–water partition coefficient (Wildman–Crippen LogP) is 5.86. The van der Waals surface area contributed by atoms with Gasteiger partial charge in [0.2, 0.25) is 17.8 Å². The van der Waals surface area contributed by atoms with Gasteiger partial charge in [-0.25, -0.2) is 9.82 Å². The van der Waals surface area contributed by atoms with Gasteiger partial charge < -0.3 is 10.6 Å². The Bertz CT molecular complexity index is 1420. The molecule has 0 saturated carbocycles. The second kappa shape index (κ2) is 10.6. The van der Waals surface area contributed by atoms with E-state index in [-0.39, 0.29) is 29.3 Å². The van der Waals surface area contributed by atoms with Gasteiger partial charge in [0.25, 0.3) is 5.69 Å². The average Bonchev–Trinajstić information content (AvgIpc) is 2.85. The summed E-state index contributed by atoms with van der Waals surface area (Å²) < 4.78 is 13.2. The number of nitrogens with zero attached hydrogens (tertiary/aromatic N) is 5. The van der Waals surface area contributed by atoms with E-state index < -0.39 is 4.92 Å². The van der Waals surface area contributed by atoms with Crippen LogP contribution >= 0.6 is 0 Å². The van der Waals surface area contributed by atoms with Gasteiger partial charge in [-0.3, -0.25) is 10.1 Å². The number of anilines is 5. The van der Waals surface area contributed by atoms with E-state index in [1.54, 1.807) is 31.2 Å². The SMILES string of the molecule is C/C(=N\Nc1nc(Nc2ccc([N+](=O)[O-])cc2)nc(Nc2ccc(C)c(C)c2)n1)c1ccc(F)cc1. The lowest BCUT2D eigenvalue weighted by Crippen LogP contribution is -2.08. The van der Waals surface area contributed by atoms with Crippen molar-refractivity contribution in [2.75, 3.05) is 16.1 Å². The minimum absolute atomic E-state index is 0.0266. The first-order valence-electron chi connectivity index (χ1n) is 10.9. The molecule has 3 N–H and O–H groups in total. The first-order chi connectivity index (χ1) is 17.3. The van der Waals surface area contributed by atoms with Gasteiger partial charge in [-0.2, -0.15) is 20.1 Å². The quantitative estimate of drug-likeness (QED) is 0.160. The highest BCUT2D eigenvalue weighted by molar-refractivity contribution is 5.98. The number of aromatic nitrogens is 3. The van der Waals surface area contributed by atoms with Crippen LogP contribution in [0.5, 0.6) is 0 Å². The van der Waals surface area contributed by atoms with Gasteiger partial charge >= 0.3 is 0 Å². The zero-order valence-corrected chi connectivity index (χ0v) is 19.8. The summed E-state index contributed by atoms with van der Waals surface area (Å²) in [6.45, 7) is 5.80. The topological polar surface area (TPSA) is 130 Å². The first-order valence-corrected chi connectivity index (χ1v) is 10.9. The third-order valence-corrected chi connectivity index (χ3v) is 5.32. The number of hydrogen-bond donors (Lipinski definition) is 3. The van der Waals surface area contributed by atoms with Crippen LogP contribution in [0.2, 0.25) is 0 Å². The van der Waals surface area contributed by atoms with Gasteiger partial charge in [-0.15, -0.1) is 0 Å². The van der Waals surface area contributed by atoms with Crippen LogP contribution in [0, 0.1) is 29.8 Å². The molecule has 1 heterocycles. The lowest BCUT2D eigenvalue weighted by Gasteiger charge is -2.11. The van der Waals surface area contributed by atoms with Crippen molar-refractivity contribution in [1.82, 2.24) is 15.0 Å². The Labute approximate surface area is 206 Å². The fraction of sp³-hybridized carbons (Fsp3) is 0.120. The van der Waals surface area contributed by atoms with Crippen molar-refractivity contribution in [2.24, 2.45) is 5.10 Å². The smallest absolute Gasteiger partial charge is 0.269 e. The molecule has 4 aromatic rings. The molecule has 0 aliphatic heterocycles. The van der Waals surface area contributed by atoms with E-state index in [0.717, 1.165) is 22.4 Å². The molecule has 0 atom stereocenters. The van der Waals surface area contributed by atoms with Crippen molar-refractivity contribution in [2.45, 2.75) is 20.8 Å². The van der Waals surface area contributed by atoms with E-state index in [9.17, 15) is 14.5 Å². The Hall–Kier alpha value is -4.93. The van der Waals surface area contributed by atoms with Crippen LogP contribution in [0.15, 0.2) is 71.8 Å². The van der Waals surface area contributed by atoms with Gasteiger partial charge in [0, 0.05) is 23.5 Å². The number of nitro benzene ring substituents is 1. The van der Waals surface area contributed by atoms with Crippen molar-refractivity contribution in [3.05, 3.63) is 99.4 Å². The van der Waals surface area contributed by atoms with Gasteiger partial charge in [0.1, 0.15) is 5.82 Å². The number of hydrogen-bond acceptors (Lipinski definition) is 9. The number of halogens is 1. The maximum absolute atomic E-state index is 13.2. The third kappa shape index (κ3) is 6.14. The zero-order chi connectivity index (χ0) is 25.7.